The van der Waals surface area contributed by atoms with Gasteiger partial charge in [0.25, 0.3) is 5.56 Å². The molecular formula is C23H22N4O2S2. The third-order valence-corrected chi connectivity index (χ3v) is 7.49. The lowest BCUT2D eigenvalue weighted by Crippen LogP contribution is -2.23. The largest absolute Gasteiger partial charge is 0.316 e. The molecule has 0 saturated carbocycles. The molecule has 1 aromatic carbocycles. The quantitative estimate of drug-likeness (QED) is 0.342. The first-order valence-electron chi connectivity index (χ1n) is 10.1. The topological polar surface area (TPSA) is 87.8 Å². The maximum Gasteiger partial charge on any atom is 0.262 e. The molecule has 1 atom stereocenters. The van der Waals surface area contributed by atoms with Crippen molar-refractivity contribution in [3.63, 3.8) is 0 Å². The Morgan fingerprint density at radius 3 is 3.06 bits per heavy atom. The maximum absolute atomic E-state index is 12.8. The molecule has 0 bridgehead atoms. The minimum atomic E-state index is -0.222. The fraction of sp³-hybridized carbons (Fsp3) is 0.304. The van der Waals surface area contributed by atoms with Gasteiger partial charge in [-0.1, -0.05) is 36.9 Å². The van der Waals surface area contributed by atoms with E-state index in [-0.39, 0.29) is 17.2 Å². The number of thiophene rings is 1. The molecule has 0 radical (unpaired) electrons. The van der Waals surface area contributed by atoms with Crippen LogP contribution in [0.15, 0.2) is 46.9 Å². The molecule has 2 heterocycles. The molecule has 2 aromatic heterocycles. The van der Waals surface area contributed by atoms with Crippen molar-refractivity contribution in [3.8, 4) is 6.07 Å². The van der Waals surface area contributed by atoms with E-state index in [0.29, 0.717) is 39.1 Å². The highest BCUT2D eigenvalue weighted by Crippen LogP contribution is 2.39. The molecule has 8 heteroatoms. The number of nitrogens with one attached hydrogen (secondary N) is 1. The van der Waals surface area contributed by atoms with Gasteiger partial charge < -0.3 is 5.32 Å². The summed E-state index contributed by atoms with van der Waals surface area (Å²) in [6, 6.07) is 9.44. The zero-order chi connectivity index (χ0) is 22.0. The van der Waals surface area contributed by atoms with Gasteiger partial charge in [0.05, 0.1) is 22.2 Å². The molecular weight excluding hydrogens is 428 g/mol. The Hall–Kier alpha value is -2.89. The van der Waals surface area contributed by atoms with Crippen molar-refractivity contribution in [1.82, 2.24) is 9.55 Å². The molecule has 3 aromatic rings. The van der Waals surface area contributed by atoms with Gasteiger partial charge in [-0.25, -0.2) is 4.98 Å². The molecule has 31 heavy (non-hydrogen) atoms. The van der Waals surface area contributed by atoms with Crippen LogP contribution >= 0.6 is 23.1 Å². The van der Waals surface area contributed by atoms with Gasteiger partial charge in [-0.2, -0.15) is 5.26 Å². The molecule has 1 N–H and O–H groups in total. The molecule has 1 aliphatic carbocycles. The third-order valence-electron chi connectivity index (χ3n) is 5.35. The normalized spacial score (nSPS) is 15.3. The van der Waals surface area contributed by atoms with E-state index in [2.05, 4.69) is 29.9 Å². The summed E-state index contributed by atoms with van der Waals surface area (Å²) in [7, 11) is 0. The molecule has 1 aliphatic rings. The van der Waals surface area contributed by atoms with Crippen LogP contribution in [0.1, 0.15) is 29.3 Å². The smallest absolute Gasteiger partial charge is 0.262 e. The number of rotatable bonds is 6. The highest BCUT2D eigenvalue weighted by Gasteiger charge is 2.24. The molecule has 6 nitrogen and oxygen atoms in total. The van der Waals surface area contributed by atoms with Crippen LogP contribution in [0.5, 0.6) is 0 Å². The fourth-order valence-electron chi connectivity index (χ4n) is 3.80. The first-order valence-corrected chi connectivity index (χ1v) is 11.9. The molecule has 0 saturated heterocycles. The zero-order valence-corrected chi connectivity index (χ0v) is 18.8. The van der Waals surface area contributed by atoms with Gasteiger partial charge in [-0.3, -0.25) is 14.2 Å². The van der Waals surface area contributed by atoms with E-state index in [9.17, 15) is 14.9 Å². The molecule has 4 rings (SSSR count). The number of benzene rings is 1. The number of fused-ring (bicyclic) bond motifs is 2. The highest BCUT2D eigenvalue weighted by molar-refractivity contribution is 7.99. The van der Waals surface area contributed by atoms with E-state index in [1.54, 1.807) is 24.3 Å². The van der Waals surface area contributed by atoms with Crippen molar-refractivity contribution < 1.29 is 4.79 Å². The van der Waals surface area contributed by atoms with Gasteiger partial charge in [0, 0.05) is 11.4 Å². The predicted octanol–water partition coefficient (Wildman–Crippen LogP) is 4.37. The van der Waals surface area contributed by atoms with E-state index >= 15 is 0 Å². The number of nitrogens with zero attached hydrogens (tertiary/aromatic N) is 3. The number of carbonyl (C=O) groups excluding carboxylic acids is 1. The number of nitriles is 1. The van der Waals surface area contributed by atoms with Crippen LogP contribution in [0.3, 0.4) is 0 Å². The van der Waals surface area contributed by atoms with Gasteiger partial charge >= 0.3 is 0 Å². The second kappa shape index (κ2) is 9.08. The van der Waals surface area contributed by atoms with Crippen molar-refractivity contribution in [2.24, 2.45) is 5.92 Å². The summed E-state index contributed by atoms with van der Waals surface area (Å²) in [6.07, 6.45) is 4.54. The minimum absolute atomic E-state index is 0.0890. The summed E-state index contributed by atoms with van der Waals surface area (Å²) in [5.41, 5.74) is 2.13. The van der Waals surface area contributed by atoms with Crippen LogP contribution in [0.4, 0.5) is 5.00 Å². The van der Waals surface area contributed by atoms with E-state index in [1.165, 1.54) is 32.5 Å². The molecule has 1 amide bonds. The lowest BCUT2D eigenvalue weighted by molar-refractivity contribution is -0.113. The number of aromatic nitrogens is 2. The van der Waals surface area contributed by atoms with E-state index in [0.717, 1.165) is 24.8 Å². The Bertz CT molecular complexity index is 1270. The molecule has 0 unspecified atom stereocenters. The summed E-state index contributed by atoms with van der Waals surface area (Å²) in [4.78, 5) is 31.3. The van der Waals surface area contributed by atoms with Crippen LogP contribution in [-0.4, -0.2) is 21.2 Å². The lowest BCUT2D eigenvalue weighted by atomic mass is 9.89. The Morgan fingerprint density at radius 1 is 1.48 bits per heavy atom. The minimum Gasteiger partial charge on any atom is -0.316 e. The predicted molar refractivity (Wildman–Crippen MR) is 126 cm³/mol. The zero-order valence-electron chi connectivity index (χ0n) is 17.2. The second-order valence-corrected chi connectivity index (χ2v) is 9.67. The Balaban J connectivity index is 1.54. The van der Waals surface area contributed by atoms with Crippen molar-refractivity contribution in [1.29, 1.82) is 5.26 Å². The average molecular weight is 451 g/mol. The van der Waals surface area contributed by atoms with Gasteiger partial charge in [-0.15, -0.1) is 17.9 Å². The number of para-hydroxylation sites is 1. The van der Waals surface area contributed by atoms with Crippen LogP contribution in [0.25, 0.3) is 10.9 Å². The Labute approximate surface area is 188 Å². The summed E-state index contributed by atoms with van der Waals surface area (Å²) in [6.45, 7) is 6.25. The molecule has 0 fully saturated rings. The maximum atomic E-state index is 12.8. The summed E-state index contributed by atoms with van der Waals surface area (Å²) in [5, 5.41) is 14.2. The van der Waals surface area contributed by atoms with Gasteiger partial charge in [0.15, 0.2) is 5.16 Å². The molecule has 158 valence electrons. The molecule has 0 aliphatic heterocycles. The SMILES string of the molecule is C=CCn1c(SCC(=O)Nc2sc3c(c2C#N)CC[C@@H](C)C3)nc2ccccc2c1=O. The average Bonchev–Trinajstić information content (AvgIpc) is 3.10. The second-order valence-electron chi connectivity index (χ2n) is 7.62. The fourth-order valence-corrected chi connectivity index (χ4v) is 5.98. The number of amides is 1. The van der Waals surface area contributed by atoms with Crippen LogP contribution in [0, 0.1) is 17.2 Å². The number of allylic oxidation sites excluding steroid dienone is 1. The van der Waals surface area contributed by atoms with Crippen molar-refractivity contribution >= 4 is 44.9 Å². The highest BCUT2D eigenvalue weighted by atomic mass is 32.2. The van der Waals surface area contributed by atoms with E-state index < -0.39 is 0 Å². The number of hydrogen-bond donors (Lipinski definition) is 1. The van der Waals surface area contributed by atoms with Crippen LogP contribution in [0.2, 0.25) is 0 Å². The van der Waals surface area contributed by atoms with Crippen LogP contribution < -0.4 is 10.9 Å². The van der Waals surface area contributed by atoms with Crippen LogP contribution in [-0.2, 0) is 24.2 Å². The standard InChI is InChI=1S/C23H22N4O2S2/c1-3-10-27-22(29)16-6-4-5-7-18(16)25-23(27)30-13-20(28)26-21-17(12-24)15-9-8-14(2)11-19(15)31-21/h3-7,14H,1,8-11,13H2,2H3,(H,26,28)/t14-/m1/s1. The van der Waals surface area contributed by atoms with E-state index in [4.69, 9.17) is 0 Å². The van der Waals surface area contributed by atoms with Crippen molar-refractivity contribution in [3.05, 3.63) is 63.3 Å². The van der Waals surface area contributed by atoms with Gasteiger partial charge in [0.2, 0.25) is 5.91 Å². The van der Waals surface area contributed by atoms with Gasteiger partial charge in [0.1, 0.15) is 11.1 Å². The third kappa shape index (κ3) is 4.29. The van der Waals surface area contributed by atoms with Gasteiger partial charge in [-0.05, 0) is 42.9 Å². The lowest BCUT2D eigenvalue weighted by Gasteiger charge is -2.17. The van der Waals surface area contributed by atoms with Crippen molar-refractivity contribution in [2.45, 2.75) is 37.9 Å². The molecule has 0 spiro atoms. The summed E-state index contributed by atoms with van der Waals surface area (Å²) >= 11 is 2.71. The first-order chi connectivity index (χ1) is 15.0. The number of thioether (sulfide) groups is 1. The monoisotopic (exact) mass is 450 g/mol. The number of anilines is 1. The summed E-state index contributed by atoms with van der Waals surface area (Å²) in [5.74, 6) is 0.462. The number of hydrogen-bond acceptors (Lipinski definition) is 6. The first kappa shape index (κ1) is 21.3. The summed E-state index contributed by atoms with van der Waals surface area (Å²) < 4.78 is 1.53. The number of carbonyl (C=O) groups is 1. The Morgan fingerprint density at radius 2 is 2.29 bits per heavy atom. The van der Waals surface area contributed by atoms with Crippen molar-refractivity contribution in [2.75, 3.05) is 11.1 Å². The van der Waals surface area contributed by atoms with E-state index in [1.807, 2.05) is 6.07 Å². The Kier molecular flexibility index (Phi) is 6.25.